The van der Waals surface area contributed by atoms with Crippen molar-refractivity contribution in [2.75, 3.05) is 38.7 Å². The third-order valence-corrected chi connectivity index (χ3v) is 7.26. The Morgan fingerprint density at radius 1 is 1.00 bits per heavy atom. The zero-order valence-electron chi connectivity index (χ0n) is 20.3. The number of likely N-dealkylation sites (N-methyl/N-ethyl adjacent to an activating group) is 1. The van der Waals surface area contributed by atoms with Crippen molar-refractivity contribution in [2.24, 2.45) is 0 Å². The molecule has 3 fully saturated rings. The van der Waals surface area contributed by atoms with Crippen LogP contribution in [-0.2, 0) is 4.79 Å². The number of unbranched alkanes of at least 4 members (excludes halogenated alkanes) is 6. The molecule has 1 aromatic rings. The molecular weight excluding hydrogens is 418 g/mol. The molecule has 3 unspecified atom stereocenters. The molecule has 0 aliphatic carbocycles. The number of hydrogen-bond acceptors (Lipinski definition) is 6. The molecule has 0 radical (unpaired) electrons. The van der Waals surface area contributed by atoms with Crippen molar-refractivity contribution in [3.8, 4) is 5.75 Å². The van der Waals surface area contributed by atoms with Crippen LogP contribution in [0.2, 0.25) is 0 Å². The van der Waals surface area contributed by atoms with Crippen molar-refractivity contribution >= 4 is 17.6 Å². The molecule has 3 aliphatic rings. The molecule has 0 bridgehead atoms. The second-order valence-electron chi connectivity index (χ2n) is 9.42. The summed E-state index contributed by atoms with van der Waals surface area (Å²) in [5.74, 6) is 0.767. The standard InChI is InChI=1S/C25H39N5O3/c1-4-5-6-7-8-9-10-16-30-23(31)21-22(27(2)25(30)32)26-24-28(17-11-18-29(21)24)19-12-14-20(33-3)15-13-19/h12-15,21-22,24,26H,4-11,16-18H2,1-3H3. The lowest BCUT2D eigenvalue weighted by Gasteiger charge is -2.44. The van der Waals surface area contributed by atoms with Crippen LogP contribution in [0.15, 0.2) is 24.3 Å². The highest BCUT2D eigenvalue weighted by atomic mass is 16.5. The van der Waals surface area contributed by atoms with E-state index in [1.54, 1.807) is 12.0 Å². The average Bonchev–Trinajstić information content (AvgIpc) is 3.24. The van der Waals surface area contributed by atoms with E-state index in [9.17, 15) is 9.59 Å². The molecule has 3 saturated heterocycles. The molecule has 1 N–H and O–H groups in total. The van der Waals surface area contributed by atoms with Crippen molar-refractivity contribution in [2.45, 2.75) is 76.8 Å². The van der Waals surface area contributed by atoms with Gasteiger partial charge in [0.15, 0.2) is 0 Å². The normalized spacial score (nSPS) is 25.4. The van der Waals surface area contributed by atoms with Gasteiger partial charge in [0.25, 0.3) is 5.91 Å². The van der Waals surface area contributed by atoms with Crippen molar-refractivity contribution < 1.29 is 14.3 Å². The molecule has 33 heavy (non-hydrogen) atoms. The van der Waals surface area contributed by atoms with Gasteiger partial charge < -0.3 is 14.5 Å². The SMILES string of the molecule is CCCCCCCCCN1C(=O)C2C(NC3N(c4ccc(OC)cc4)CCCN23)N(C)C1=O. The summed E-state index contributed by atoms with van der Waals surface area (Å²) < 4.78 is 5.30. The van der Waals surface area contributed by atoms with Crippen molar-refractivity contribution in [3.05, 3.63) is 24.3 Å². The lowest BCUT2D eigenvalue weighted by molar-refractivity contribution is -0.138. The van der Waals surface area contributed by atoms with Crippen LogP contribution in [0.5, 0.6) is 5.75 Å². The predicted molar refractivity (Wildman–Crippen MR) is 129 cm³/mol. The fraction of sp³-hybridized carbons (Fsp3) is 0.680. The van der Waals surface area contributed by atoms with E-state index in [1.165, 1.54) is 37.0 Å². The Bertz CT molecular complexity index is 817. The second kappa shape index (κ2) is 10.7. The molecule has 1 aromatic carbocycles. The number of nitrogens with zero attached hydrogens (tertiary/aromatic N) is 4. The van der Waals surface area contributed by atoms with Gasteiger partial charge >= 0.3 is 6.03 Å². The Balaban J connectivity index is 1.42. The molecular formula is C25H39N5O3. The lowest BCUT2D eigenvalue weighted by atomic mass is 10.1. The first-order valence-corrected chi connectivity index (χ1v) is 12.6. The van der Waals surface area contributed by atoms with E-state index in [-0.39, 0.29) is 30.4 Å². The lowest BCUT2D eigenvalue weighted by Crippen LogP contribution is -2.66. The number of rotatable bonds is 10. The molecule has 0 spiro atoms. The first kappa shape index (κ1) is 23.8. The summed E-state index contributed by atoms with van der Waals surface area (Å²) >= 11 is 0. The van der Waals surface area contributed by atoms with Gasteiger partial charge in [-0.2, -0.15) is 0 Å². The maximum absolute atomic E-state index is 13.5. The van der Waals surface area contributed by atoms with Gasteiger partial charge in [-0.1, -0.05) is 45.4 Å². The van der Waals surface area contributed by atoms with E-state index < -0.39 is 0 Å². The number of carbonyl (C=O) groups is 2. The number of urea groups is 1. The Labute approximate surface area is 197 Å². The molecule has 4 rings (SSSR count). The summed E-state index contributed by atoms with van der Waals surface area (Å²) in [6.45, 7) is 4.47. The smallest absolute Gasteiger partial charge is 0.327 e. The summed E-state index contributed by atoms with van der Waals surface area (Å²) in [6, 6.07) is 7.49. The van der Waals surface area contributed by atoms with Crippen LogP contribution in [-0.4, -0.2) is 78.9 Å². The van der Waals surface area contributed by atoms with Crippen LogP contribution >= 0.6 is 0 Å². The van der Waals surface area contributed by atoms with Crippen LogP contribution in [0.25, 0.3) is 0 Å². The summed E-state index contributed by atoms with van der Waals surface area (Å²) in [6.07, 6.45) is 8.71. The molecule has 3 aliphatic heterocycles. The zero-order valence-corrected chi connectivity index (χ0v) is 20.3. The third-order valence-electron chi connectivity index (χ3n) is 7.26. The highest BCUT2D eigenvalue weighted by molar-refractivity contribution is 6.00. The number of anilines is 1. The minimum absolute atomic E-state index is 0.0549. The molecule has 8 heteroatoms. The molecule has 182 valence electrons. The Hall–Kier alpha value is -2.32. The number of benzene rings is 1. The number of fused-ring (bicyclic) bond motifs is 3. The van der Waals surface area contributed by atoms with Crippen LogP contribution in [0.4, 0.5) is 10.5 Å². The van der Waals surface area contributed by atoms with Crippen molar-refractivity contribution in [1.29, 1.82) is 0 Å². The summed E-state index contributed by atoms with van der Waals surface area (Å²) in [5, 5.41) is 3.58. The van der Waals surface area contributed by atoms with Crippen LogP contribution in [0, 0.1) is 0 Å². The van der Waals surface area contributed by atoms with Gasteiger partial charge in [0.1, 0.15) is 24.2 Å². The van der Waals surface area contributed by atoms with E-state index in [1.807, 2.05) is 19.2 Å². The third kappa shape index (κ3) is 4.82. The van der Waals surface area contributed by atoms with E-state index in [4.69, 9.17) is 4.74 Å². The summed E-state index contributed by atoms with van der Waals surface area (Å²) in [5.41, 5.74) is 1.08. The largest absolute Gasteiger partial charge is 0.497 e. The number of methoxy groups -OCH3 is 1. The first-order chi connectivity index (χ1) is 16.1. The maximum Gasteiger partial charge on any atom is 0.327 e. The van der Waals surface area contributed by atoms with E-state index in [0.29, 0.717) is 6.54 Å². The number of ether oxygens (including phenoxy) is 1. The zero-order chi connectivity index (χ0) is 23.4. The number of nitrogens with one attached hydrogen (secondary N) is 1. The maximum atomic E-state index is 13.5. The van der Waals surface area contributed by atoms with Gasteiger partial charge in [-0.3, -0.25) is 19.9 Å². The van der Waals surface area contributed by atoms with E-state index in [0.717, 1.165) is 43.8 Å². The fourth-order valence-electron chi connectivity index (χ4n) is 5.39. The minimum Gasteiger partial charge on any atom is -0.497 e. The molecule has 3 atom stereocenters. The van der Waals surface area contributed by atoms with Crippen LogP contribution in [0.1, 0.15) is 58.3 Å². The van der Waals surface area contributed by atoms with Gasteiger partial charge in [-0.15, -0.1) is 0 Å². The van der Waals surface area contributed by atoms with Crippen molar-refractivity contribution in [3.63, 3.8) is 0 Å². The van der Waals surface area contributed by atoms with Gasteiger partial charge in [0.05, 0.1) is 7.11 Å². The quantitative estimate of drug-likeness (QED) is 0.543. The van der Waals surface area contributed by atoms with Gasteiger partial charge in [-0.05, 0) is 37.1 Å². The number of hydrogen-bond donors (Lipinski definition) is 1. The number of amides is 3. The Morgan fingerprint density at radius 3 is 2.39 bits per heavy atom. The van der Waals surface area contributed by atoms with Crippen molar-refractivity contribution in [1.82, 2.24) is 20.0 Å². The highest BCUT2D eigenvalue weighted by Gasteiger charge is 2.55. The topological polar surface area (TPSA) is 68.4 Å². The van der Waals surface area contributed by atoms with Gasteiger partial charge in [-0.25, -0.2) is 4.79 Å². The first-order valence-electron chi connectivity index (χ1n) is 12.6. The van der Waals surface area contributed by atoms with Crippen LogP contribution < -0.4 is 15.0 Å². The molecule has 3 amide bonds. The Kier molecular flexibility index (Phi) is 7.75. The van der Waals surface area contributed by atoms with Gasteiger partial charge in [0.2, 0.25) is 0 Å². The number of carbonyl (C=O) groups excluding carboxylic acids is 2. The summed E-state index contributed by atoms with van der Waals surface area (Å²) in [7, 11) is 3.48. The van der Waals surface area contributed by atoms with Gasteiger partial charge in [0, 0.05) is 32.4 Å². The average molecular weight is 458 g/mol. The van der Waals surface area contributed by atoms with E-state index >= 15 is 0 Å². The molecule has 3 heterocycles. The fourth-order valence-corrected chi connectivity index (χ4v) is 5.39. The molecule has 0 saturated carbocycles. The monoisotopic (exact) mass is 457 g/mol. The summed E-state index contributed by atoms with van der Waals surface area (Å²) in [4.78, 5) is 34.3. The van der Waals surface area contributed by atoms with E-state index in [2.05, 4.69) is 34.2 Å². The minimum atomic E-state index is -0.344. The number of imide groups is 1. The predicted octanol–water partition coefficient (Wildman–Crippen LogP) is 3.43. The Morgan fingerprint density at radius 2 is 1.70 bits per heavy atom. The highest BCUT2D eigenvalue weighted by Crippen LogP contribution is 2.33. The molecule has 0 aromatic heterocycles. The molecule has 8 nitrogen and oxygen atoms in total. The van der Waals surface area contributed by atoms with Crippen LogP contribution in [0.3, 0.4) is 0 Å². The second-order valence-corrected chi connectivity index (χ2v) is 9.42.